The molecule has 3 unspecified atom stereocenters. The van der Waals surface area contributed by atoms with Gasteiger partial charge in [-0.2, -0.15) is 0 Å². The lowest BCUT2D eigenvalue weighted by molar-refractivity contribution is -0.181. The predicted octanol–water partition coefficient (Wildman–Crippen LogP) is -4.02. The molecule has 7 heteroatoms. The van der Waals surface area contributed by atoms with Crippen LogP contribution in [0.25, 0.3) is 0 Å². The minimum atomic E-state index is -2.36. The van der Waals surface area contributed by atoms with Crippen LogP contribution in [0.5, 0.6) is 0 Å². The Bertz CT molecular complexity index is 179. The van der Waals surface area contributed by atoms with Gasteiger partial charge in [0.2, 0.25) is 0 Å². The molecule has 0 aromatic carbocycles. The van der Waals surface area contributed by atoms with Gasteiger partial charge in [0.15, 0.2) is 6.29 Å². The van der Waals surface area contributed by atoms with E-state index in [-0.39, 0.29) is 6.29 Å². The highest BCUT2D eigenvalue weighted by atomic mass is 16.4. The van der Waals surface area contributed by atoms with Crippen LogP contribution in [0, 0.1) is 0 Å². The molecule has 0 saturated carbocycles. The first-order valence-electron chi connectivity index (χ1n) is 3.86. The second-order valence-electron chi connectivity index (χ2n) is 2.98. The smallest absolute Gasteiger partial charge is 0.151 e. The number of rotatable bonds is 6. The molecule has 0 amide bonds. The summed E-state index contributed by atoms with van der Waals surface area (Å²) in [5.74, 6) is 0. The van der Waals surface area contributed by atoms with E-state index in [1.54, 1.807) is 0 Å². The Morgan fingerprint density at radius 2 is 1.57 bits per heavy atom. The molecule has 6 N–H and O–H groups in total. The first kappa shape index (κ1) is 13.4. The Labute approximate surface area is 79.9 Å². The highest BCUT2D eigenvalue weighted by Gasteiger charge is 2.41. The first-order valence-corrected chi connectivity index (χ1v) is 3.86. The molecule has 0 heterocycles. The number of aliphatic hydroxyl groups excluding tert-OH is 5. The van der Waals surface area contributed by atoms with E-state index >= 15 is 0 Å². The Morgan fingerprint density at radius 1 is 1.14 bits per heavy atom. The molecule has 0 rings (SSSR count). The van der Waals surface area contributed by atoms with Crippen molar-refractivity contribution in [2.75, 3.05) is 13.2 Å². The van der Waals surface area contributed by atoms with Crippen LogP contribution in [-0.2, 0) is 4.79 Å². The van der Waals surface area contributed by atoms with E-state index in [0.29, 0.717) is 0 Å². The summed E-state index contributed by atoms with van der Waals surface area (Å²) in [7, 11) is 0. The van der Waals surface area contributed by atoms with E-state index in [1.807, 2.05) is 0 Å². The van der Waals surface area contributed by atoms with Crippen molar-refractivity contribution in [3.8, 4) is 0 Å². The Kier molecular flexibility index (Phi) is 5.13. The fourth-order valence-corrected chi connectivity index (χ4v) is 0.822. The van der Waals surface area contributed by atoms with Crippen molar-refractivity contribution in [1.29, 1.82) is 0 Å². The third-order valence-corrected chi connectivity index (χ3v) is 1.91. The average molecular weight is 210 g/mol. The molecule has 0 aliphatic carbocycles. The molecule has 0 aliphatic heterocycles. The molecule has 0 spiro atoms. The summed E-state index contributed by atoms with van der Waals surface area (Å²) in [6.07, 6.45) is -5.94. The number of hydrogen-bond donors (Lipinski definition) is 6. The van der Waals surface area contributed by atoms with Gasteiger partial charge in [-0.25, -0.2) is 0 Å². The zero-order chi connectivity index (χ0) is 11.4. The standard InChI is InChI=1S/C7H14O7/c8-1-4(11)5(12)6(13)7(14,2-9)3-10/h1,4-6,9-14H,2-3H2. The quantitative estimate of drug-likeness (QED) is 0.245. The molecule has 7 nitrogen and oxygen atoms in total. The van der Waals surface area contributed by atoms with Crippen molar-refractivity contribution in [1.82, 2.24) is 0 Å². The molecule has 14 heavy (non-hydrogen) atoms. The molecule has 3 atom stereocenters. The zero-order valence-corrected chi connectivity index (χ0v) is 7.32. The van der Waals surface area contributed by atoms with E-state index in [0.717, 1.165) is 0 Å². The van der Waals surface area contributed by atoms with Crippen molar-refractivity contribution in [3.63, 3.8) is 0 Å². The van der Waals surface area contributed by atoms with Crippen molar-refractivity contribution >= 4 is 6.29 Å². The topological polar surface area (TPSA) is 138 Å². The molecule has 0 saturated heterocycles. The summed E-state index contributed by atoms with van der Waals surface area (Å²) in [6.45, 7) is -2.04. The molecule has 0 aromatic rings. The minimum absolute atomic E-state index is 0.0386. The van der Waals surface area contributed by atoms with E-state index in [1.165, 1.54) is 0 Å². The van der Waals surface area contributed by atoms with E-state index in [2.05, 4.69) is 0 Å². The van der Waals surface area contributed by atoms with Crippen LogP contribution in [0.15, 0.2) is 0 Å². The molecule has 0 bridgehead atoms. The summed E-state index contributed by atoms with van der Waals surface area (Å²) in [5.41, 5.74) is -2.36. The van der Waals surface area contributed by atoms with Gasteiger partial charge in [-0.1, -0.05) is 0 Å². The van der Waals surface area contributed by atoms with Gasteiger partial charge >= 0.3 is 0 Å². The lowest BCUT2D eigenvalue weighted by Crippen LogP contribution is -2.57. The van der Waals surface area contributed by atoms with Gasteiger partial charge < -0.3 is 35.4 Å². The van der Waals surface area contributed by atoms with Gasteiger partial charge in [0, 0.05) is 0 Å². The molecule has 84 valence electrons. The fourth-order valence-electron chi connectivity index (χ4n) is 0.822. The SMILES string of the molecule is O=CC(O)C(O)C(O)C(O)(CO)CO. The van der Waals surface area contributed by atoms with E-state index in [9.17, 15) is 15.0 Å². The summed E-state index contributed by atoms with van der Waals surface area (Å²) >= 11 is 0. The number of aldehydes is 1. The third kappa shape index (κ3) is 2.71. The highest BCUT2D eigenvalue weighted by molar-refractivity contribution is 5.56. The van der Waals surface area contributed by atoms with E-state index < -0.39 is 37.1 Å². The van der Waals surface area contributed by atoms with Crippen LogP contribution in [0.4, 0.5) is 0 Å². The summed E-state index contributed by atoms with van der Waals surface area (Å²) in [6, 6.07) is 0. The van der Waals surface area contributed by atoms with Gasteiger partial charge in [0.1, 0.15) is 23.9 Å². The number of aliphatic hydroxyl groups is 6. The third-order valence-electron chi connectivity index (χ3n) is 1.91. The van der Waals surface area contributed by atoms with Gasteiger partial charge in [-0.05, 0) is 0 Å². The fraction of sp³-hybridized carbons (Fsp3) is 0.857. The number of hydrogen-bond acceptors (Lipinski definition) is 7. The second kappa shape index (κ2) is 5.35. The largest absolute Gasteiger partial charge is 0.393 e. The van der Waals surface area contributed by atoms with E-state index in [4.69, 9.17) is 20.4 Å². The van der Waals surface area contributed by atoms with Crippen molar-refractivity contribution < 1.29 is 35.4 Å². The lowest BCUT2D eigenvalue weighted by Gasteiger charge is -2.32. The zero-order valence-electron chi connectivity index (χ0n) is 7.32. The van der Waals surface area contributed by atoms with Crippen LogP contribution in [0.3, 0.4) is 0 Å². The van der Waals surface area contributed by atoms with Crippen molar-refractivity contribution in [3.05, 3.63) is 0 Å². The number of carbonyl (C=O) groups is 1. The first-order chi connectivity index (χ1) is 6.42. The van der Waals surface area contributed by atoms with Crippen LogP contribution in [0.1, 0.15) is 0 Å². The maximum atomic E-state index is 10.0. The Balaban J connectivity index is 4.57. The maximum absolute atomic E-state index is 10.0. The lowest BCUT2D eigenvalue weighted by atomic mass is 9.92. The molecular weight excluding hydrogens is 196 g/mol. The van der Waals surface area contributed by atoms with Gasteiger partial charge in [-0.15, -0.1) is 0 Å². The van der Waals surface area contributed by atoms with Crippen molar-refractivity contribution in [2.45, 2.75) is 23.9 Å². The summed E-state index contributed by atoms with van der Waals surface area (Å²) in [5, 5.41) is 53.6. The second-order valence-corrected chi connectivity index (χ2v) is 2.98. The Morgan fingerprint density at radius 3 is 1.86 bits per heavy atom. The minimum Gasteiger partial charge on any atom is -0.393 e. The van der Waals surface area contributed by atoms with Gasteiger partial charge in [0.25, 0.3) is 0 Å². The van der Waals surface area contributed by atoms with Crippen LogP contribution in [-0.4, -0.2) is 74.1 Å². The van der Waals surface area contributed by atoms with Crippen LogP contribution < -0.4 is 0 Å². The van der Waals surface area contributed by atoms with Crippen molar-refractivity contribution in [2.24, 2.45) is 0 Å². The number of carbonyl (C=O) groups excluding carboxylic acids is 1. The highest BCUT2D eigenvalue weighted by Crippen LogP contribution is 2.14. The molecule has 0 aliphatic rings. The summed E-state index contributed by atoms with van der Waals surface area (Å²) < 4.78 is 0. The predicted molar refractivity (Wildman–Crippen MR) is 43.2 cm³/mol. The van der Waals surface area contributed by atoms with Gasteiger partial charge in [-0.3, -0.25) is 0 Å². The molecule has 0 radical (unpaired) electrons. The Hall–Kier alpha value is -0.570. The van der Waals surface area contributed by atoms with Crippen LogP contribution in [0.2, 0.25) is 0 Å². The van der Waals surface area contributed by atoms with Crippen LogP contribution >= 0.6 is 0 Å². The average Bonchev–Trinajstić information content (AvgIpc) is 2.24. The summed E-state index contributed by atoms with van der Waals surface area (Å²) in [4.78, 5) is 10.0. The molecule has 0 aromatic heterocycles. The van der Waals surface area contributed by atoms with Gasteiger partial charge in [0.05, 0.1) is 13.2 Å². The normalized spacial score (nSPS) is 18.7. The molecular formula is C7H14O7. The monoisotopic (exact) mass is 210 g/mol. The molecule has 0 fully saturated rings. The maximum Gasteiger partial charge on any atom is 0.151 e.